The van der Waals surface area contributed by atoms with Crippen LogP contribution in [0.25, 0.3) is 0 Å². The number of hydrogen-bond acceptors (Lipinski definition) is 8. The van der Waals surface area contributed by atoms with Gasteiger partial charge < -0.3 is 26.4 Å². The van der Waals surface area contributed by atoms with Gasteiger partial charge in [-0.1, -0.05) is 41.2 Å². The second kappa shape index (κ2) is 12.4. The highest BCUT2D eigenvalue weighted by Gasteiger charge is 2.27. The van der Waals surface area contributed by atoms with Crippen LogP contribution in [0.2, 0.25) is 0 Å². The third-order valence-corrected chi connectivity index (χ3v) is 7.09. The van der Waals surface area contributed by atoms with Crippen LogP contribution < -0.4 is 26.4 Å². The Balaban J connectivity index is 1.42. The predicted molar refractivity (Wildman–Crippen MR) is 152 cm³/mol. The lowest BCUT2D eigenvalue weighted by Crippen LogP contribution is -2.39. The Labute approximate surface area is 234 Å². The maximum absolute atomic E-state index is 13.5. The zero-order valence-corrected chi connectivity index (χ0v) is 22.7. The van der Waals surface area contributed by atoms with Crippen molar-refractivity contribution in [2.24, 2.45) is 5.73 Å². The van der Waals surface area contributed by atoms with Crippen LogP contribution in [0.15, 0.2) is 72.8 Å². The molecular formula is C29H28FN5O4S. The molecule has 40 heavy (non-hydrogen) atoms. The number of halogens is 1. The SMILES string of the molecule is Cc1cccc(CNC(=O)COc2ccc(C(=O)c3sc(N(c4ccc(F)cc4)[C@H](C)C(N)=O)nc3N)cc2)c1. The molecule has 0 aliphatic rings. The first-order chi connectivity index (χ1) is 19.1. The summed E-state index contributed by atoms with van der Waals surface area (Å²) in [4.78, 5) is 43.4. The maximum atomic E-state index is 13.5. The summed E-state index contributed by atoms with van der Waals surface area (Å²) in [5.74, 6) is -1.33. The van der Waals surface area contributed by atoms with Gasteiger partial charge in [0, 0.05) is 17.8 Å². The fourth-order valence-electron chi connectivity index (χ4n) is 3.87. The van der Waals surface area contributed by atoms with Gasteiger partial charge in [-0.15, -0.1) is 0 Å². The minimum Gasteiger partial charge on any atom is -0.484 e. The molecule has 5 N–H and O–H groups in total. The van der Waals surface area contributed by atoms with E-state index in [4.69, 9.17) is 16.2 Å². The largest absolute Gasteiger partial charge is 0.484 e. The smallest absolute Gasteiger partial charge is 0.258 e. The van der Waals surface area contributed by atoms with Crippen LogP contribution >= 0.6 is 11.3 Å². The first-order valence-corrected chi connectivity index (χ1v) is 13.1. The molecule has 1 heterocycles. The lowest BCUT2D eigenvalue weighted by molar-refractivity contribution is -0.123. The van der Waals surface area contributed by atoms with Crippen LogP contribution in [0.1, 0.15) is 33.3 Å². The number of carbonyl (C=O) groups excluding carboxylic acids is 3. The number of thiazole rings is 1. The molecule has 1 atom stereocenters. The van der Waals surface area contributed by atoms with E-state index in [9.17, 15) is 18.8 Å². The molecule has 0 aliphatic heterocycles. The number of hydrogen-bond donors (Lipinski definition) is 3. The van der Waals surface area contributed by atoms with Gasteiger partial charge in [-0.25, -0.2) is 9.37 Å². The molecule has 0 saturated carbocycles. The average Bonchev–Trinajstić information content (AvgIpc) is 3.32. The average molecular weight is 562 g/mol. The van der Waals surface area contributed by atoms with Gasteiger partial charge in [0.15, 0.2) is 11.7 Å². The highest BCUT2D eigenvalue weighted by molar-refractivity contribution is 7.18. The summed E-state index contributed by atoms with van der Waals surface area (Å²) < 4.78 is 19.0. The molecule has 2 amide bonds. The Morgan fingerprint density at radius 2 is 1.77 bits per heavy atom. The number of aromatic nitrogens is 1. The lowest BCUT2D eigenvalue weighted by atomic mass is 10.1. The van der Waals surface area contributed by atoms with Crippen molar-refractivity contribution >= 4 is 45.6 Å². The van der Waals surface area contributed by atoms with Crippen LogP contribution in [-0.2, 0) is 16.1 Å². The highest BCUT2D eigenvalue weighted by Crippen LogP contribution is 2.36. The molecule has 0 aliphatic carbocycles. The summed E-state index contributed by atoms with van der Waals surface area (Å²) in [6.45, 7) is 3.78. The summed E-state index contributed by atoms with van der Waals surface area (Å²) in [7, 11) is 0. The zero-order chi connectivity index (χ0) is 28.8. The molecule has 0 spiro atoms. The first-order valence-electron chi connectivity index (χ1n) is 12.3. The van der Waals surface area contributed by atoms with Gasteiger partial charge in [-0.3, -0.25) is 14.4 Å². The number of anilines is 3. The van der Waals surface area contributed by atoms with Crippen LogP contribution in [0, 0.1) is 12.7 Å². The van der Waals surface area contributed by atoms with Gasteiger partial charge in [0.1, 0.15) is 28.3 Å². The molecule has 0 saturated heterocycles. The summed E-state index contributed by atoms with van der Waals surface area (Å²) >= 11 is 0.993. The number of benzene rings is 3. The lowest BCUT2D eigenvalue weighted by Gasteiger charge is -2.26. The Hall–Kier alpha value is -4.77. The molecule has 0 fully saturated rings. The van der Waals surface area contributed by atoms with Crippen molar-refractivity contribution in [1.82, 2.24) is 10.3 Å². The number of nitrogens with zero attached hydrogens (tertiary/aromatic N) is 2. The number of ether oxygens (including phenoxy) is 1. The number of nitrogens with two attached hydrogens (primary N) is 2. The quantitative estimate of drug-likeness (QED) is 0.234. The molecular weight excluding hydrogens is 533 g/mol. The van der Waals surface area contributed by atoms with Crippen molar-refractivity contribution in [3.8, 4) is 5.75 Å². The van der Waals surface area contributed by atoms with Crippen molar-refractivity contribution in [2.45, 2.75) is 26.4 Å². The number of primary amides is 1. The van der Waals surface area contributed by atoms with Gasteiger partial charge in [0.05, 0.1) is 0 Å². The summed E-state index contributed by atoms with van der Waals surface area (Å²) in [6.07, 6.45) is 0. The number of carbonyl (C=O) groups is 3. The van der Waals surface area contributed by atoms with Crippen LogP contribution in [-0.4, -0.2) is 35.2 Å². The molecule has 4 aromatic rings. The van der Waals surface area contributed by atoms with E-state index in [0.29, 0.717) is 23.5 Å². The Kier molecular flexibility index (Phi) is 8.75. The minimum atomic E-state index is -0.843. The van der Waals surface area contributed by atoms with Gasteiger partial charge in [0.25, 0.3) is 5.91 Å². The third-order valence-electron chi connectivity index (χ3n) is 6.02. The van der Waals surface area contributed by atoms with E-state index in [1.165, 1.54) is 29.2 Å². The number of rotatable bonds is 11. The zero-order valence-electron chi connectivity index (χ0n) is 21.9. The van der Waals surface area contributed by atoms with Crippen molar-refractivity contribution in [3.05, 3.63) is 100 Å². The molecule has 0 radical (unpaired) electrons. The molecule has 1 aromatic heterocycles. The summed E-state index contributed by atoms with van der Waals surface area (Å²) in [5.41, 5.74) is 14.5. The molecule has 9 nitrogen and oxygen atoms in total. The maximum Gasteiger partial charge on any atom is 0.258 e. The third kappa shape index (κ3) is 6.80. The number of amides is 2. The number of aryl methyl sites for hydroxylation is 1. The number of nitrogens with one attached hydrogen (secondary N) is 1. The van der Waals surface area contributed by atoms with Crippen molar-refractivity contribution in [3.63, 3.8) is 0 Å². The standard InChI is InChI=1S/C29H28FN5O4S/c1-17-4-3-5-19(14-17)15-33-24(36)16-39-23-12-6-20(7-13-23)25(37)26-27(31)34-29(40-26)35(18(2)28(32)38)22-10-8-21(30)9-11-22/h3-14,18H,15-16,31H2,1-2H3,(H2,32,38)(H,33,36)/t18-/m1/s1. The molecule has 11 heteroatoms. The van der Waals surface area contributed by atoms with E-state index in [1.807, 2.05) is 31.2 Å². The first kappa shape index (κ1) is 28.2. The van der Waals surface area contributed by atoms with Crippen LogP contribution in [0.5, 0.6) is 5.75 Å². The molecule has 0 unspecified atom stereocenters. The second-order valence-electron chi connectivity index (χ2n) is 9.04. The fraction of sp³-hybridized carbons (Fsp3) is 0.172. The Morgan fingerprint density at radius 3 is 2.42 bits per heavy atom. The second-order valence-corrected chi connectivity index (χ2v) is 10.0. The molecule has 4 rings (SSSR count). The monoisotopic (exact) mass is 561 g/mol. The number of nitrogen functional groups attached to an aromatic ring is 1. The highest BCUT2D eigenvalue weighted by atomic mass is 32.1. The van der Waals surface area contributed by atoms with Crippen LogP contribution in [0.3, 0.4) is 0 Å². The topological polar surface area (TPSA) is 141 Å². The van der Waals surface area contributed by atoms with Gasteiger partial charge in [-0.2, -0.15) is 0 Å². The Morgan fingerprint density at radius 1 is 1.07 bits per heavy atom. The number of ketones is 1. The van der Waals surface area contributed by atoms with E-state index in [-0.39, 0.29) is 34.1 Å². The van der Waals surface area contributed by atoms with Gasteiger partial charge in [-0.05, 0) is 67.9 Å². The van der Waals surface area contributed by atoms with E-state index in [0.717, 1.165) is 22.5 Å². The van der Waals surface area contributed by atoms with Gasteiger partial charge >= 0.3 is 0 Å². The predicted octanol–water partition coefficient (Wildman–Crippen LogP) is 4.11. The van der Waals surface area contributed by atoms with Crippen molar-refractivity contribution in [1.29, 1.82) is 0 Å². The fourth-order valence-corrected chi connectivity index (χ4v) is 4.92. The molecule has 0 bridgehead atoms. The van der Waals surface area contributed by atoms with E-state index in [1.54, 1.807) is 31.2 Å². The van der Waals surface area contributed by atoms with Crippen molar-refractivity contribution in [2.75, 3.05) is 17.2 Å². The summed E-state index contributed by atoms with van der Waals surface area (Å²) in [6, 6.07) is 18.7. The summed E-state index contributed by atoms with van der Waals surface area (Å²) in [5, 5.41) is 3.07. The molecule has 206 valence electrons. The van der Waals surface area contributed by atoms with E-state index in [2.05, 4.69) is 10.3 Å². The Bertz CT molecular complexity index is 1520. The van der Waals surface area contributed by atoms with Crippen LogP contribution in [0.4, 0.5) is 21.0 Å². The molecule has 3 aromatic carbocycles. The van der Waals surface area contributed by atoms with Crippen molar-refractivity contribution < 1.29 is 23.5 Å². The van der Waals surface area contributed by atoms with E-state index < -0.39 is 17.8 Å². The van der Waals surface area contributed by atoms with E-state index >= 15 is 0 Å². The van der Waals surface area contributed by atoms with Gasteiger partial charge in [0.2, 0.25) is 11.7 Å². The normalized spacial score (nSPS) is 11.5. The minimum absolute atomic E-state index is 0.0145.